The maximum Gasteiger partial charge on any atom is 0.408 e. The molecule has 3 aromatic rings. The van der Waals surface area contributed by atoms with E-state index in [1.807, 2.05) is 5.32 Å². The number of benzene rings is 1. The Morgan fingerprint density at radius 1 is 1.16 bits per heavy atom. The van der Waals surface area contributed by atoms with E-state index in [9.17, 15) is 31.5 Å². The standard InChI is InChI=1S/C20H13ClF5N3O2/c21-14-7-6-10-16(30)11(19(31)28-17(9-4-5-9)20(24,25)26)8-29(18(10)27-14)15-12(22)2-1-3-13(15)23/h1-3,6-9,17H,4-5H2,(H,28,31)/t17-/m1/s1. The van der Waals surface area contributed by atoms with Gasteiger partial charge in [-0.3, -0.25) is 14.2 Å². The van der Waals surface area contributed by atoms with Crippen LogP contribution < -0.4 is 10.7 Å². The van der Waals surface area contributed by atoms with E-state index in [0.29, 0.717) is 0 Å². The zero-order chi connectivity index (χ0) is 22.5. The molecule has 0 aliphatic heterocycles. The van der Waals surface area contributed by atoms with Crippen LogP contribution in [0.5, 0.6) is 0 Å². The molecule has 11 heteroatoms. The maximum absolute atomic E-state index is 14.4. The molecule has 0 unspecified atom stereocenters. The predicted octanol–water partition coefficient (Wildman–Crippen LogP) is 4.39. The number of rotatable bonds is 4. The lowest BCUT2D eigenvalue weighted by atomic mass is 10.1. The SMILES string of the molecule is O=C(N[C@H](C1CC1)C(F)(F)F)c1cn(-c2c(F)cccc2F)c2nc(Cl)ccc2c1=O. The van der Waals surface area contributed by atoms with Crippen molar-refractivity contribution < 1.29 is 26.7 Å². The molecule has 1 saturated carbocycles. The third-order valence-corrected chi connectivity index (χ3v) is 5.18. The summed E-state index contributed by atoms with van der Waals surface area (Å²) >= 11 is 5.85. The first kappa shape index (κ1) is 21.2. The molecule has 31 heavy (non-hydrogen) atoms. The highest BCUT2D eigenvalue weighted by Crippen LogP contribution is 2.40. The number of amides is 1. The number of hydrogen-bond acceptors (Lipinski definition) is 3. The minimum absolute atomic E-state index is 0.0968. The van der Waals surface area contributed by atoms with Crippen molar-refractivity contribution in [1.29, 1.82) is 0 Å². The third-order valence-electron chi connectivity index (χ3n) is 4.97. The van der Waals surface area contributed by atoms with Crippen LogP contribution in [0.3, 0.4) is 0 Å². The molecule has 1 amide bonds. The van der Waals surface area contributed by atoms with E-state index in [4.69, 9.17) is 11.6 Å². The summed E-state index contributed by atoms with van der Waals surface area (Å²) in [5, 5.41) is 1.51. The van der Waals surface area contributed by atoms with E-state index in [2.05, 4.69) is 4.98 Å². The van der Waals surface area contributed by atoms with Crippen molar-refractivity contribution >= 4 is 28.5 Å². The number of halogens is 6. The minimum atomic E-state index is -4.71. The molecule has 1 N–H and O–H groups in total. The van der Waals surface area contributed by atoms with E-state index >= 15 is 0 Å². The molecule has 1 aromatic carbocycles. The number of para-hydroxylation sites is 1. The first-order valence-corrected chi connectivity index (χ1v) is 9.49. The average Bonchev–Trinajstić information content (AvgIpc) is 3.51. The van der Waals surface area contributed by atoms with Crippen molar-refractivity contribution in [1.82, 2.24) is 14.9 Å². The van der Waals surface area contributed by atoms with Crippen molar-refractivity contribution in [3.63, 3.8) is 0 Å². The van der Waals surface area contributed by atoms with E-state index in [-0.39, 0.29) is 29.0 Å². The number of alkyl halides is 3. The Balaban J connectivity index is 1.91. The van der Waals surface area contributed by atoms with Crippen LogP contribution in [0.15, 0.2) is 41.3 Å². The van der Waals surface area contributed by atoms with Gasteiger partial charge in [0.15, 0.2) is 0 Å². The number of aromatic nitrogens is 2. The summed E-state index contributed by atoms with van der Waals surface area (Å²) in [4.78, 5) is 29.4. The number of nitrogens with one attached hydrogen (secondary N) is 1. The van der Waals surface area contributed by atoms with E-state index < -0.39 is 52.4 Å². The Labute approximate surface area is 176 Å². The zero-order valence-electron chi connectivity index (χ0n) is 15.5. The molecule has 1 fully saturated rings. The summed E-state index contributed by atoms with van der Waals surface area (Å²) in [6.45, 7) is 0. The van der Waals surface area contributed by atoms with Gasteiger partial charge in [0.2, 0.25) is 5.43 Å². The normalized spacial score (nSPS) is 15.2. The second-order valence-electron chi connectivity index (χ2n) is 7.15. The van der Waals surface area contributed by atoms with Crippen molar-refractivity contribution in [2.75, 3.05) is 0 Å². The van der Waals surface area contributed by atoms with Gasteiger partial charge in [0, 0.05) is 6.20 Å². The monoisotopic (exact) mass is 457 g/mol. The lowest BCUT2D eigenvalue weighted by Crippen LogP contribution is -2.48. The van der Waals surface area contributed by atoms with Gasteiger partial charge in [0.25, 0.3) is 5.91 Å². The summed E-state index contributed by atoms with van der Waals surface area (Å²) in [5.74, 6) is -4.16. The van der Waals surface area contributed by atoms with E-state index in [0.717, 1.165) is 29.0 Å². The van der Waals surface area contributed by atoms with Crippen molar-refractivity contribution in [3.8, 4) is 5.69 Å². The minimum Gasteiger partial charge on any atom is -0.340 e. The Morgan fingerprint density at radius 3 is 2.39 bits per heavy atom. The van der Waals surface area contributed by atoms with Crippen LogP contribution in [0.25, 0.3) is 16.7 Å². The van der Waals surface area contributed by atoms with Gasteiger partial charge in [0.05, 0.1) is 5.39 Å². The van der Waals surface area contributed by atoms with Crippen LogP contribution in [0.2, 0.25) is 5.15 Å². The number of carbonyl (C=O) groups excluding carboxylic acids is 1. The topological polar surface area (TPSA) is 64.0 Å². The summed E-state index contributed by atoms with van der Waals surface area (Å²) in [6, 6.07) is 3.27. The largest absolute Gasteiger partial charge is 0.408 e. The van der Waals surface area contributed by atoms with Crippen molar-refractivity contribution in [3.05, 3.63) is 69.1 Å². The van der Waals surface area contributed by atoms with Gasteiger partial charge in [-0.1, -0.05) is 17.7 Å². The van der Waals surface area contributed by atoms with Gasteiger partial charge >= 0.3 is 6.18 Å². The second-order valence-corrected chi connectivity index (χ2v) is 7.53. The van der Waals surface area contributed by atoms with Crippen LogP contribution in [0.1, 0.15) is 23.2 Å². The molecule has 0 saturated heterocycles. The molecule has 1 aliphatic rings. The molecule has 0 radical (unpaired) electrons. The van der Waals surface area contributed by atoms with E-state index in [1.54, 1.807) is 0 Å². The van der Waals surface area contributed by atoms with Crippen molar-refractivity contribution in [2.24, 2.45) is 5.92 Å². The summed E-state index contributed by atoms with van der Waals surface area (Å²) < 4.78 is 69.6. The molecular weight excluding hydrogens is 445 g/mol. The smallest absolute Gasteiger partial charge is 0.340 e. The molecule has 0 bridgehead atoms. The molecule has 162 valence electrons. The quantitative estimate of drug-likeness (QED) is 0.467. The number of nitrogens with zero attached hydrogens (tertiary/aromatic N) is 2. The number of carbonyl (C=O) groups is 1. The maximum atomic E-state index is 14.4. The fraction of sp³-hybridized carbons (Fsp3) is 0.250. The molecule has 2 aromatic heterocycles. The summed E-state index contributed by atoms with van der Waals surface area (Å²) in [7, 11) is 0. The van der Waals surface area contributed by atoms with Crippen LogP contribution in [-0.4, -0.2) is 27.7 Å². The highest BCUT2D eigenvalue weighted by molar-refractivity contribution is 6.29. The van der Waals surface area contributed by atoms with Gasteiger partial charge in [-0.15, -0.1) is 0 Å². The van der Waals surface area contributed by atoms with Gasteiger partial charge < -0.3 is 5.32 Å². The highest BCUT2D eigenvalue weighted by atomic mass is 35.5. The van der Waals surface area contributed by atoms with Gasteiger partial charge in [-0.2, -0.15) is 13.2 Å². The van der Waals surface area contributed by atoms with E-state index in [1.165, 1.54) is 12.1 Å². The highest BCUT2D eigenvalue weighted by Gasteiger charge is 2.49. The number of fused-ring (bicyclic) bond motifs is 1. The second kappa shape index (κ2) is 7.60. The molecule has 5 nitrogen and oxygen atoms in total. The number of hydrogen-bond donors (Lipinski definition) is 1. The molecule has 4 rings (SSSR count). The first-order chi connectivity index (χ1) is 14.6. The fourth-order valence-electron chi connectivity index (χ4n) is 3.35. The summed E-state index contributed by atoms with van der Waals surface area (Å²) in [6.07, 6.45) is -3.37. The fourth-order valence-corrected chi connectivity index (χ4v) is 3.49. The van der Waals surface area contributed by atoms with Crippen LogP contribution >= 0.6 is 11.6 Å². The van der Waals surface area contributed by atoms with Gasteiger partial charge in [0.1, 0.15) is 39.7 Å². The van der Waals surface area contributed by atoms with Gasteiger partial charge in [-0.05, 0) is 43.0 Å². The first-order valence-electron chi connectivity index (χ1n) is 9.12. The zero-order valence-corrected chi connectivity index (χ0v) is 16.3. The van der Waals surface area contributed by atoms with Crippen LogP contribution in [0, 0.1) is 17.6 Å². The Hall–Kier alpha value is -3.01. The molecular formula is C20H13ClF5N3O2. The predicted molar refractivity (Wildman–Crippen MR) is 102 cm³/mol. The molecule has 1 aliphatic carbocycles. The lowest BCUT2D eigenvalue weighted by molar-refractivity contribution is -0.158. The molecule has 2 heterocycles. The van der Waals surface area contributed by atoms with Crippen molar-refractivity contribution in [2.45, 2.75) is 25.1 Å². The molecule has 1 atom stereocenters. The third kappa shape index (κ3) is 3.99. The van der Waals surface area contributed by atoms with Gasteiger partial charge in [-0.25, -0.2) is 13.8 Å². The molecule has 0 spiro atoms. The average molecular weight is 458 g/mol. The Kier molecular flexibility index (Phi) is 5.20. The number of pyridine rings is 2. The van der Waals surface area contributed by atoms with Crippen LogP contribution in [0.4, 0.5) is 22.0 Å². The van der Waals surface area contributed by atoms with Crippen LogP contribution in [-0.2, 0) is 0 Å². The Morgan fingerprint density at radius 2 is 1.81 bits per heavy atom. The lowest BCUT2D eigenvalue weighted by Gasteiger charge is -2.21. The Bertz CT molecular complexity index is 1230. The summed E-state index contributed by atoms with van der Waals surface area (Å²) in [5.41, 5.74) is -2.57.